The van der Waals surface area contributed by atoms with Gasteiger partial charge >= 0.3 is 6.09 Å². The minimum Gasteiger partial charge on any atom is -0.447 e. The third-order valence-corrected chi connectivity index (χ3v) is 6.04. The van der Waals surface area contributed by atoms with E-state index in [1.165, 1.54) is 6.20 Å². The lowest BCUT2D eigenvalue weighted by atomic mass is 9.88. The second kappa shape index (κ2) is 7.02. The molecule has 1 aromatic heterocycles. The van der Waals surface area contributed by atoms with Crippen LogP contribution in [0.25, 0.3) is 10.8 Å². The number of nitrogens with one attached hydrogen (secondary N) is 1. The SMILES string of the molecule is O=C(c1c[nH]c(=O)c2ccccc12)N1CCN2C(=O)OCC2(Cc2ccccc2)C1. The number of hydrogen-bond donors (Lipinski definition) is 1. The van der Waals surface area contributed by atoms with Crippen molar-refractivity contribution in [3.05, 3.63) is 82.3 Å². The van der Waals surface area contributed by atoms with Crippen LogP contribution in [0, 0.1) is 0 Å². The first-order valence-corrected chi connectivity index (χ1v) is 9.95. The molecule has 1 atom stereocenters. The van der Waals surface area contributed by atoms with E-state index in [1.807, 2.05) is 36.4 Å². The summed E-state index contributed by atoms with van der Waals surface area (Å²) in [5.74, 6) is -0.158. The predicted molar refractivity (Wildman–Crippen MR) is 111 cm³/mol. The number of rotatable bonds is 3. The summed E-state index contributed by atoms with van der Waals surface area (Å²) in [5, 5.41) is 1.12. The quantitative estimate of drug-likeness (QED) is 0.728. The molecule has 0 aliphatic carbocycles. The molecule has 1 N–H and O–H groups in total. The zero-order valence-corrected chi connectivity index (χ0v) is 16.3. The number of aromatic amines is 1. The molecule has 0 bridgehead atoms. The number of fused-ring (bicyclic) bond motifs is 2. The van der Waals surface area contributed by atoms with Gasteiger partial charge in [0.2, 0.25) is 0 Å². The predicted octanol–water partition coefficient (Wildman–Crippen LogP) is 2.42. The molecule has 7 heteroatoms. The molecule has 2 fully saturated rings. The number of aromatic nitrogens is 1. The molecule has 3 aromatic rings. The Morgan fingerprint density at radius 1 is 1.00 bits per heavy atom. The number of carbonyl (C=O) groups is 2. The van der Waals surface area contributed by atoms with Crippen molar-refractivity contribution in [1.29, 1.82) is 0 Å². The fourth-order valence-corrected chi connectivity index (χ4v) is 4.57. The lowest BCUT2D eigenvalue weighted by Crippen LogP contribution is -2.63. The Kier molecular flexibility index (Phi) is 4.31. The second-order valence-corrected chi connectivity index (χ2v) is 7.90. The van der Waals surface area contributed by atoms with Crippen molar-refractivity contribution >= 4 is 22.8 Å². The number of nitrogens with zero attached hydrogens (tertiary/aromatic N) is 2. The van der Waals surface area contributed by atoms with Crippen LogP contribution in [0.2, 0.25) is 0 Å². The van der Waals surface area contributed by atoms with E-state index in [1.54, 1.807) is 28.0 Å². The van der Waals surface area contributed by atoms with Gasteiger partial charge in [-0.05, 0) is 11.6 Å². The third kappa shape index (κ3) is 2.94. The van der Waals surface area contributed by atoms with E-state index < -0.39 is 5.54 Å². The molecule has 2 aliphatic rings. The van der Waals surface area contributed by atoms with Crippen LogP contribution in [0.15, 0.2) is 65.6 Å². The van der Waals surface area contributed by atoms with Gasteiger partial charge in [0.05, 0.1) is 5.56 Å². The van der Waals surface area contributed by atoms with Crippen LogP contribution < -0.4 is 5.56 Å². The Labute approximate surface area is 172 Å². The number of cyclic esters (lactones) is 1. The molecule has 2 amide bonds. The number of hydrogen-bond acceptors (Lipinski definition) is 4. The first kappa shape index (κ1) is 18.4. The monoisotopic (exact) mass is 403 g/mol. The summed E-state index contributed by atoms with van der Waals surface area (Å²) in [6, 6.07) is 17.0. The van der Waals surface area contributed by atoms with Gasteiger partial charge in [0.1, 0.15) is 12.1 Å². The number of piperazine rings is 1. The van der Waals surface area contributed by atoms with Crippen molar-refractivity contribution in [1.82, 2.24) is 14.8 Å². The highest BCUT2D eigenvalue weighted by Gasteiger charge is 2.51. The van der Waals surface area contributed by atoms with Gasteiger partial charge in [-0.2, -0.15) is 0 Å². The zero-order valence-electron chi connectivity index (χ0n) is 16.3. The van der Waals surface area contributed by atoms with Crippen LogP contribution in [-0.4, -0.2) is 58.6 Å². The normalized spacial score (nSPS) is 20.9. The van der Waals surface area contributed by atoms with Crippen LogP contribution >= 0.6 is 0 Å². The van der Waals surface area contributed by atoms with E-state index in [0.717, 1.165) is 5.56 Å². The summed E-state index contributed by atoms with van der Waals surface area (Å²) in [5.41, 5.74) is 0.732. The number of amides is 2. The van der Waals surface area contributed by atoms with Crippen molar-refractivity contribution in [2.75, 3.05) is 26.2 Å². The van der Waals surface area contributed by atoms with Gasteiger partial charge in [-0.3, -0.25) is 14.5 Å². The number of carbonyl (C=O) groups excluding carboxylic acids is 2. The summed E-state index contributed by atoms with van der Waals surface area (Å²) in [6.45, 7) is 1.45. The van der Waals surface area contributed by atoms with Gasteiger partial charge in [-0.25, -0.2) is 4.79 Å². The fourth-order valence-electron chi connectivity index (χ4n) is 4.57. The average molecular weight is 403 g/mol. The Morgan fingerprint density at radius 3 is 2.53 bits per heavy atom. The minimum atomic E-state index is -0.593. The van der Waals surface area contributed by atoms with E-state index in [0.29, 0.717) is 42.4 Å². The Hall–Kier alpha value is -3.61. The number of pyridine rings is 1. The number of ether oxygens (including phenoxy) is 1. The smallest absolute Gasteiger partial charge is 0.410 e. The van der Waals surface area contributed by atoms with Crippen LogP contribution in [0.1, 0.15) is 15.9 Å². The maximum absolute atomic E-state index is 13.4. The maximum Gasteiger partial charge on any atom is 0.410 e. The van der Waals surface area contributed by atoms with Crippen molar-refractivity contribution in [3.8, 4) is 0 Å². The molecule has 30 heavy (non-hydrogen) atoms. The Balaban J connectivity index is 1.49. The molecular weight excluding hydrogens is 382 g/mol. The molecular formula is C23H21N3O4. The highest BCUT2D eigenvalue weighted by atomic mass is 16.6. The lowest BCUT2D eigenvalue weighted by Gasteiger charge is -2.44. The van der Waals surface area contributed by atoms with E-state index in [2.05, 4.69) is 4.98 Å². The molecule has 152 valence electrons. The molecule has 7 nitrogen and oxygen atoms in total. The topological polar surface area (TPSA) is 82.7 Å². The van der Waals surface area contributed by atoms with Crippen LogP contribution in [0.5, 0.6) is 0 Å². The second-order valence-electron chi connectivity index (χ2n) is 7.90. The van der Waals surface area contributed by atoms with Crippen LogP contribution in [0.4, 0.5) is 4.79 Å². The van der Waals surface area contributed by atoms with Gasteiger partial charge < -0.3 is 14.6 Å². The van der Waals surface area contributed by atoms with E-state index in [-0.39, 0.29) is 24.2 Å². The van der Waals surface area contributed by atoms with Gasteiger partial charge in [0.25, 0.3) is 11.5 Å². The highest BCUT2D eigenvalue weighted by molar-refractivity contribution is 6.06. The van der Waals surface area contributed by atoms with E-state index in [4.69, 9.17) is 4.74 Å². The summed E-state index contributed by atoms with van der Waals surface area (Å²) < 4.78 is 5.40. The van der Waals surface area contributed by atoms with Gasteiger partial charge in [0, 0.05) is 43.0 Å². The van der Waals surface area contributed by atoms with Gasteiger partial charge in [0.15, 0.2) is 0 Å². The minimum absolute atomic E-state index is 0.158. The van der Waals surface area contributed by atoms with Gasteiger partial charge in [-0.1, -0.05) is 48.5 Å². The molecule has 2 aromatic carbocycles. The van der Waals surface area contributed by atoms with E-state index in [9.17, 15) is 14.4 Å². The molecule has 1 unspecified atom stereocenters. The van der Waals surface area contributed by atoms with Crippen LogP contribution in [0.3, 0.4) is 0 Å². The molecule has 3 heterocycles. The van der Waals surface area contributed by atoms with Crippen molar-refractivity contribution in [2.24, 2.45) is 0 Å². The first-order chi connectivity index (χ1) is 14.6. The fraction of sp³-hybridized carbons (Fsp3) is 0.261. The number of benzene rings is 2. The summed E-state index contributed by atoms with van der Waals surface area (Å²) >= 11 is 0. The van der Waals surface area contributed by atoms with E-state index >= 15 is 0 Å². The maximum atomic E-state index is 13.4. The third-order valence-electron chi connectivity index (χ3n) is 6.04. The highest BCUT2D eigenvalue weighted by Crippen LogP contribution is 2.33. The first-order valence-electron chi connectivity index (χ1n) is 9.95. The molecule has 5 rings (SSSR count). The summed E-state index contributed by atoms with van der Waals surface area (Å²) in [7, 11) is 0. The average Bonchev–Trinajstić information content (AvgIpc) is 3.10. The van der Waals surface area contributed by atoms with Gasteiger partial charge in [-0.15, -0.1) is 0 Å². The zero-order chi connectivity index (χ0) is 20.7. The van der Waals surface area contributed by atoms with Crippen molar-refractivity contribution < 1.29 is 14.3 Å². The molecule has 0 radical (unpaired) electrons. The van der Waals surface area contributed by atoms with Crippen molar-refractivity contribution in [3.63, 3.8) is 0 Å². The molecule has 2 aliphatic heterocycles. The standard InChI is InChI=1S/C23H21N3O4/c27-20-18-9-5-4-8-17(18)19(13-24-20)21(28)25-10-11-26-22(29)30-15-23(26,14-25)12-16-6-2-1-3-7-16/h1-9,13H,10-12,14-15H2,(H,24,27). The lowest BCUT2D eigenvalue weighted by molar-refractivity contribution is 0.0376. The number of H-pyrrole nitrogens is 1. The van der Waals surface area contributed by atoms with Crippen LogP contribution in [-0.2, 0) is 11.2 Å². The molecule has 0 spiro atoms. The Bertz CT molecular complexity index is 1190. The summed E-state index contributed by atoms with van der Waals surface area (Å²) in [6.07, 6.45) is 1.77. The Morgan fingerprint density at radius 2 is 1.73 bits per heavy atom. The largest absolute Gasteiger partial charge is 0.447 e. The van der Waals surface area contributed by atoms with Crippen molar-refractivity contribution in [2.45, 2.75) is 12.0 Å². The summed E-state index contributed by atoms with van der Waals surface area (Å²) in [4.78, 5) is 44.1. The molecule has 0 saturated carbocycles. The molecule has 2 saturated heterocycles.